The first-order valence-corrected chi connectivity index (χ1v) is 26.3. The van der Waals surface area contributed by atoms with E-state index in [0.29, 0.717) is 64.8 Å². The Morgan fingerprint density at radius 3 is 2.38 bits per heavy atom. The summed E-state index contributed by atoms with van der Waals surface area (Å²) in [5.41, 5.74) is 6.47. The van der Waals surface area contributed by atoms with E-state index in [0.717, 1.165) is 17.2 Å². The first-order valence-electron chi connectivity index (χ1n) is 19.4. The second kappa shape index (κ2) is 30.4. The van der Waals surface area contributed by atoms with Gasteiger partial charge < -0.3 is 63.4 Å². The minimum Gasteiger partial charge on any atom is -0.450 e. The van der Waals surface area contributed by atoms with Crippen molar-refractivity contribution >= 4 is 57.2 Å². The maximum atomic E-state index is 12.7. The number of aromatic amines is 1. The molecule has 5 unspecified atom stereocenters. The van der Waals surface area contributed by atoms with E-state index in [9.17, 15) is 42.7 Å². The Bertz CT molecular complexity index is 2030. The van der Waals surface area contributed by atoms with Crippen LogP contribution in [0.4, 0.5) is 9.59 Å². The molecule has 2 rings (SSSR count). The largest absolute Gasteiger partial charge is 0.490 e. The Kier molecular flexibility index (Phi) is 27.2. The Morgan fingerprint density at radius 1 is 0.985 bits per heavy atom. The molecule has 1 fully saturated rings. The van der Waals surface area contributed by atoms with Crippen molar-refractivity contribution in [3.8, 4) is 11.8 Å². The van der Waals surface area contributed by atoms with Crippen LogP contribution >= 0.6 is 45.1 Å². The zero-order chi connectivity index (χ0) is 48.4. The summed E-state index contributed by atoms with van der Waals surface area (Å²) < 4.78 is 85.2. The van der Waals surface area contributed by atoms with E-state index in [4.69, 9.17) is 48.5 Å². The molecular weight excluding hydrogens is 975 g/mol. The zero-order valence-electron chi connectivity index (χ0n) is 35.5. The number of hydrogen-bond acceptors (Lipinski definition) is 20. The number of alkyl carbamates (subject to hydrolysis) is 2. The van der Waals surface area contributed by atoms with Gasteiger partial charge in [0, 0.05) is 42.0 Å². The highest BCUT2D eigenvalue weighted by Gasteiger charge is 2.43. The second-order valence-corrected chi connectivity index (χ2v) is 20.9. The standard InChI is InChI=1S/C32H54N7O21P3S2/c1-4-12-51-17-18-52-16-11-35-31(43)55-15-9-32(2,3)65-64-23-53-13-5-6-14-54-30(42)34-10-7-8-24-20-39(29(41)37-28(24)40)27-19-25(56-22-36-38-33)26(58-27)21-57-62(47,48)60-63(49,50)59-61(44,45)46/h20,25-27H,4-6,9-19,21-23H2,1-3H3,(H,34,42)(H,35,43)(H,47,48)(H,49,50)(H,37,40,41)(H2,44,45,46). The van der Waals surface area contributed by atoms with Gasteiger partial charge in [-0.25, -0.2) is 28.1 Å². The van der Waals surface area contributed by atoms with Crippen LogP contribution in [-0.4, -0.2) is 137 Å². The van der Waals surface area contributed by atoms with Crippen LogP contribution in [0.15, 0.2) is 20.9 Å². The third kappa shape index (κ3) is 26.8. The number of amides is 2. The van der Waals surface area contributed by atoms with Gasteiger partial charge in [0.2, 0.25) is 0 Å². The smallest absolute Gasteiger partial charge is 0.450 e. The summed E-state index contributed by atoms with van der Waals surface area (Å²) in [4.78, 5) is 90.4. The third-order valence-corrected chi connectivity index (χ3v) is 14.6. The van der Waals surface area contributed by atoms with E-state index in [-0.39, 0.29) is 36.5 Å². The topological polar surface area (TPSA) is 386 Å². The summed E-state index contributed by atoms with van der Waals surface area (Å²) in [7, 11) is -13.9. The monoisotopic (exact) mass is 1030 g/mol. The molecule has 2 heterocycles. The summed E-state index contributed by atoms with van der Waals surface area (Å²) in [5.74, 6) is 5.47. The van der Waals surface area contributed by atoms with Gasteiger partial charge in [0.15, 0.2) is 0 Å². The number of carbonyl (C=O) groups is 2. The van der Waals surface area contributed by atoms with Gasteiger partial charge in [-0.05, 0) is 45.1 Å². The average Bonchev–Trinajstić information content (AvgIpc) is 3.60. The van der Waals surface area contributed by atoms with E-state index in [1.165, 1.54) is 10.8 Å². The highest BCUT2D eigenvalue weighted by Crippen LogP contribution is 2.66. The lowest BCUT2D eigenvalue weighted by molar-refractivity contribution is -0.0601. The molecule has 0 aromatic carbocycles. The molecule has 28 nitrogen and oxygen atoms in total. The molecule has 2 amide bonds. The quantitative estimate of drug-likeness (QED) is 0.00795. The SMILES string of the molecule is CCCOCCOCCNC(=O)OCCC(C)(C)SSCOCCCCOC(=O)NCC#Cc1cn(C2CC(OCN=[N+]=[N-])C(COP(=O)(O)OP(=O)(O)OP(=O)(O)O)O2)c(=O)[nH]c1=O. The molecule has 0 saturated carbocycles. The van der Waals surface area contributed by atoms with Gasteiger partial charge in [-0.15, -0.1) is 0 Å². The van der Waals surface area contributed by atoms with Gasteiger partial charge in [0.1, 0.15) is 30.6 Å². The van der Waals surface area contributed by atoms with E-state index in [1.807, 2.05) is 25.8 Å². The van der Waals surface area contributed by atoms with Crippen LogP contribution in [-0.2, 0) is 60.0 Å². The van der Waals surface area contributed by atoms with Crippen LogP contribution in [0, 0.1) is 11.8 Å². The highest BCUT2D eigenvalue weighted by molar-refractivity contribution is 8.77. The molecule has 0 aliphatic carbocycles. The minimum absolute atomic E-state index is 0.0912. The number of hydrogen-bond donors (Lipinski definition) is 7. The maximum absolute atomic E-state index is 12.7. The van der Waals surface area contributed by atoms with E-state index in [2.05, 4.69) is 45.6 Å². The molecule has 1 aromatic heterocycles. The number of aromatic nitrogens is 2. The molecule has 370 valence electrons. The van der Waals surface area contributed by atoms with Crippen LogP contribution in [0.5, 0.6) is 0 Å². The predicted molar refractivity (Wildman–Crippen MR) is 230 cm³/mol. The van der Waals surface area contributed by atoms with Crippen molar-refractivity contribution in [1.82, 2.24) is 20.2 Å². The van der Waals surface area contributed by atoms with E-state index < -0.39 is 78.7 Å². The second-order valence-electron chi connectivity index (χ2n) is 13.5. The molecule has 1 aromatic rings. The molecule has 33 heteroatoms. The number of phosphoric acid groups is 3. The lowest BCUT2D eigenvalue weighted by Crippen LogP contribution is -2.34. The summed E-state index contributed by atoms with van der Waals surface area (Å²) in [6, 6.07) is 0. The van der Waals surface area contributed by atoms with Gasteiger partial charge in [0.25, 0.3) is 5.56 Å². The molecule has 1 saturated heterocycles. The first-order chi connectivity index (χ1) is 30.7. The molecule has 0 spiro atoms. The average molecular weight is 1030 g/mol. The van der Waals surface area contributed by atoms with Crippen molar-refractivity contribution in [3.05, 3.63) is 43.0 Å². The number of ether oxygens (including phenoxy) is 7. The summed E-state index contributed by atoms with van der Waals surface area (Å²) in [6.07, 6.45) is -1.58. The van der Waals surface area contributed by atoms with Crippen molar-refractivity contribution in [1.29, 1.82) is 0 Å². The van der Waals surface area contributed by atoms with Gasteiger partial charge >= 0.3 is 41.3 Å². The van der Waals surface area contributed by atoms with Gasteiger partial charge in [-0.3, -0.25) is 18.9 Å². The summed E-state index contributed by atoms with van der Waals surface area (Å²) >= 11 is 0. The number of azide groups is 1. The van der Waals surface area contributed by atoms with E-state index >= 15 is 0 Å². The van der Waals surface area contributed by atoms with Gasteiger partial charge in [0.05, 0.1) is 52.3 Å². The van der Waals surface area contributed by atoms with Gasteiger partial charge in [-0.2, -0.15) is 8.62 Å². The van der Waals surface area contributed by atoms with Crippen molar-refractivity contribution in [2.24, 2.45) is 5.11 Å². The van der Waals surface area contributed by atoms with Crippen LogP contribution in [0.3, 0.4) is 0 Å². The Morgan fingerprint density at radius 2 is 1.68 bits per heavy atom. The predicted octanol–water partition coefficient (Wildman–Crippen LogP) is 3.37. The Balaban J connectivity index is 1.71. The maximum Gasteiger partial charge on any atom is 0.490 e. The van der Waals surface area contributed by atoms with Crippen molar-refractivity contribution < 1.29 is 89.2 Å². The number of unbranched alkanes of at least 4 members (excludes halogenated alkanes) is 1. The first kappa shape index (κ1) is 58.1. The van der Waals surface area contributed by atoms with Crippen LogP contribution < -0.4 is 21.9 Å². The number of phosphoric ester groups is 1. The van der Waals surface area contributed by atoms with Crippen LogP contribution in [0.2, 0.25) is 0 Å². The van der Waals surface area contributed by atoms with Crippen molar-refractivity contribution in [2.45, 2.75) is 76.1 Å². The number of carbonyl (C=O) groups excluding carboxylic acids is 2. The van der Waals surface area contributed by atoms with Crippen molar-refractivity contribution in [2.75, 3.05) is 78.6 Å². The number of H-pyrrole nitrogens is 1. The zero-order valence-corrected chi connectivity index (χ0v) is 39.8. The number of nitrogens with one attached hydrogen (secondary N) is 3. The molecule has 0 radical (unpaired) electrons. The molecule has 1 aliphatic heterocycles. The third-order valence-electron chi connectivity index (χ3n) is 7.74. The highest BCUT2D eigenvalue weighted by atomic mass is 33.1. The fraction of sp³-hybridized carbons (Fsp3) is 0.750. The lowest BCUT2D eigenvalue weighted by Gasteiger charge is -2.22. The molecule has 65 heavy (non-hydrogen) atoms. The molecule has 1 aliphatic rings. The van der Waals surface area contributed by atoms with Crippen molar-refractivity contribution in [3.63, 3.8) is 0 Å². The fourth-order valence-electron chi connectivity index (χ4n) is 4.84. The molecular formula is C32H54N7O21P3S2. The summed E-state index contributed by atoms with van der Waals surface area (Å²) in [5, 5.41) is 8.24. The molecule has 0 bridgehead atoms. The summed E-state index contributed by atoms with van der Waals surface area (Å²) in [6.45, 7) is 7.44. The van der Waals surface area contributed by atoms with E-state index in [1.54, 1.807) is 10.8 Å². The van der Waals surface area contributed by atoms with Gasteiger partial charge in [-0.1, -0.05) is 45.5 Å². The lowest BCUT2D eigenvalue weighted by atomic mass is 10.1. The molecule has 7 N–H and O–H groups in total. The number of nitrogens with zero attached hydrogens (tertiary/aromatic N) is 4. The number of rotatable bonds is 32. The molecule has 5 atom stereocenters. The van der Waals surface area contributed by atoms with Crippen LogP contribution in [0.1, 0.15) is 64.7 Å². The Hall–Kier alpha value is -3.00. The van der Waals surface area contributed by atoms with Crippen LogP contribution in [0.25, 0.3) is 10.4 Å². The normalized spacial score (nSPS) is 18.0. The Labute approximate surface area is 380 Å². The fourth-order valence-corrected chi connectivity index (χ4v) is 10.1. The minimum atomic E-state index is -5.82.